The summed E-state index contributed by atoms with van der Waals surface area (Å²) in [4.78, 5) is 23.9. The first kappa shape index (κ1) is 17.0. The SMILES string of the molecule is Cn1cc(CNC2CCCCC2C(C)(C)C)c(=O)n(C)c1=O. The highest BCUT2D eigenvalue weighted by atomic mass is 16.2. The van der Waals surface area contributed by atoms with Crippen molar-refractivity contribution < 1.29 is 0 Å². The minimum absolute atomic E-state index is 0.196. The van der Waals surface area contributed by atoms with Gasteiger partial charge in [0.25, 0.3) is 5.56 Å². The first-order chi connectivity index (χ1) is 10.2. The fourth-order valence-corrected chi connectivity index (χ4v) is 3.66. The zero-order valence-electron chi connectivity index (χ0n) is 14.5. The highest BCUT2D eigenvalue weighted by Gasteiger charge is 2.33. The van der Waals surface area contributed by atoms with Gasteiger partial charge in [-0.15, -0.1) is 0 Å². The van der Waals surface area contributed by atoms with Crippen LogP contribution in [0.15, 0.2) is 15.8 Å². The van der Waals surface area contributed by atoms with Gasteiger partial charge in [-0.3, -0.25) is 9.36 Å². The Morgan fingerprint density at radius 2 is 1.82 bits per heavy atom. The van der Waals surface area contributed by atoms with Crippen molar-refractivity contribution in [1.29, 1.82) is 0 Å². The Morgan fingerprint density at radius 1 is 1.18 bits per heavy atom. The lowest BCUT2D eigenvalue weighted by Crippen LogP contribution is -2.45. The molecule has 1 aliphatic rings. The van der Waals surface area contributed by atoms with Crippen molar-refractivity contribution in [3.05, 3.63) is 32.6 Å². The van der Waals surface area contributed by atoms with E-state index in [4.69, 9.17) is 0 Å². The Morgan fingerprint density at radius 3 is 2.45 bits per heavy atom. The molecule has 5 heteroatoms. The average Bonchev–Trinajstić information content (AvgIpc) is 2.47. The Kier molecular flexibility index (Phi) is 4.95. The van der Waals surface area contributed by atoms with Gasteiger partial charge in [0.2, 0.25) is 0 Å². The van der Waals surface area contributed by atoms with Crippen LogP contribution in [-0.4, -0.2) is 15.2 Å². The first-order valence-corrected chi connectivity index (χ1v) is 8.20. The Bertz CT molecular complexity index is 637. The van der Waals surface area contributed by atoms with Crippen LogP contribution >= 0.6 is 0 Å². The molecule has 1 heterocycles. The van der Waals surface area contributed by atoms with Crippen LogP contribution in [0.2, 0.25) is 0 Å². The van der Waals surface area contributed by atoms with E-state index >= 15 is 0 Å². The van der Waals surface area contributed by atoms with Crippen LogP contribution < -0.4 is 16.6 Å². The highest BCUT2D eigenvalue weighted by molar-refractivity contribution is 5.06. The second kappa shape index (κ2) is 6.41. The van der Waals surface area contributed by atoms with Gasteiger partial charge in [0.1, 0.15) is 0 Å². The van der Waals surface area contributed by atoms with E-state index in [0.29, 0.717) is 24.1 Å². The zero-order chi connectivity index (χ0) is 16.5. The van der Waals surface area contributed by atoms with Gasteiger partial charge in [0.05, 0.1) is 0 Å². The van der Waals surface area contributed by atoms with Crippen molar-refractivity contribution in [2.24, 2.45) is 25.4 Å². The van der Waals surface area contributed by atoms with Gasteiger partial charge in [-0.2, -0.15) is 0 Å². The average molecular weight is 307 g/mol. The number of hydrogen-bond acceptors (Lipinski definition) is 3. The standard InChI is InChI=1S/C17H29N3O2/c1-17(2,3)13-8-6-7-9-14(13)18-10-12-11-19(4)16(22)20(5)15(12)21/h11,13-14,18H,6-10H2,1-5H3. The molecular weight excluding hydrogens is 278 g/mol. The van der Waals surface area contributed by atoms with E-state index in [0.717, 1.165) is 6.42 Å². The van der Waals surface area contributed by atoms with Gasteiger partial charge in [-0.1, -0.05) is 33.6 Å². The zero-order valence-corrected chi connectivity index (χ0v) is 14.5. The molecule has 2 rings (SSSR count). The molecule has 22 heavy (non-hydrogen) atoms. The summed E-state index contributed by atoms with van der Waals surface area (Å²) in [5, 5.41) is 3.58. The molecule has 0 saturated heterocycles. The molecule has 1 aromatic rings. The number of rotatable bonds is 3. The van der Waals surface area contributed by atoms with E-state index in [1.807, 2.05) is 0 Å². The van der Waals surface area contributed by atoms with Crippen LogP contribution in [0.5, 0.6) is 0 Å². The molecule has 0 aliphatic heterocycles. The third-order valence-electron chi connectivity index (χ3n) is 4.95. The first-order valence-electron chi connectivity index (χ1n) is 8.20. The number of aromatic nitrogens is 2. The lowest BCUT2D eigenvalue weighted by molar-refractivity contribution is 0.130. The molecular formula is C17H29N3O2. The summed E-state index contributed by atoms with van der Waals surface area (Å²) in [5.74, 6) is 0.623. The van der Waals surface area contributed by atoms with E-state index in [1.165, 1.54) is 35.4 Å². The fourth-order valence-electron chi connectivity index (χ4n) is 3.66. The summed E-state index contributed by atoms with van der Waals surface area (Å²) in [5.41, 5.74) is 0.451. The van der Waals surface area contributed by atoms with Crippen molar-refractivity contribution in [3.8, 4) is 0 Å². The van der Waals surface area contributed by atoms with E-state index < -0.39 is 0 Å². The summed E-state index contributed by atoms with van der Waals surface area (Å²) >= 11 is 0. The molecule has 0 amide bonds. The molecule has 1 aliphatic carbocycles. The summed E-state index contributed by atoms with van der Waals surface area (Å²) < 4.78 is 2.65. The highest BCUT2D eigenvalue weighted by Crippen LogP contribution is 2.38. The van der Waals surface area contributed by atoms with Crippen LogP contribution in [0, 0.1) is 11.3 Å². The predicted molar refractivity (Wildman–Crippen MR) is 89.0 cm³/mol. The van der Waals surface area contributed by atoms with E-state index in [9.17, 15) is 9.59 Å². The van der Waals surface area contributed by atoms with Crippen LogP contribution in [-0.2, 0) is 20.6 Å². The molecule has 0 bridgehead atoms. The van der Waals surface area contributed by atoms with Crippen LogP contribution in [0.4, 0.5) is 0 Å². The monoisotopic (exact) mass is 307 g/mol. The van der Waals surface area contributed by atoms with Crippen LogP contribution in [0.1, 0.15) is 52.0 Å². The summed E-state index contributed by atoms with van der Waals surface area (Å²) in [6.45, 7) is 7.41. The van der Waals surface area contributed by atoms with Crippen molar-refractivity contribution >= 4 is 0 Å². The molecule has 0 spiro atoms. The van der Waals surface area contributed by atoms with E-state index in [1.54, 1.807) is 13.2 Å². The van der Waals surface area contributed by atoms with Gasteiger partial charge in [0.15, 0.2) is 0 Å². The maximum Gasteiger partial charge on any atom is 0.330 e. The molecule has 2 atom stereocenters. The van der Waals surface area contributed by atoms with Crippen molar-refractivity contribution in [2.75, 3.05) is 0 Å². The van der Waals surface area contributed by atoms with Gasteiger partial charge in [-0.05, 0) is 24.2 Å². The van der Waals surface area contributed by atoms with E-state index in [2.05, 4.69) is 26.1 Å². The van der Waals surface area contributed by atoms with Crippen molar-refractivity contribution in [1.82, 2.24) is 14.5 Å². The lowest BCUT2D eigenvalue weighted by Gasteiger charge is -2.41. The molecule has 0 radical (unpaired) electrons. The second-order valence-electron chi connectivity index (χ2n) is 7.66. The maximum absolute atomic E-state index is 12.2. The van der Waals surface area contributed by atoms with Crippen molar-refractivity contribution in [3.63, 3.8) is 0 Å². The Balaban J connectivity index is 2.15. The topological polar surface area (TPSA) is 56.0 Å². The van der Waals surface area contributed by atoms with Gasteiger partial charge in [0, 0.05) is 38.4 Å². The molecule has 5 nitrogen and oxygen atoms in total. The Labute approximate surface area is 132 Å². The smallest absolute Gasteiger partial charge is 0.309 e. The van der Waals surface area contributed by atoms with Gasteiger partial charge >= 0.3 is 5.69 Å². The van der Waals surface area contributed by atoms with Crippen molar-refractivity contribution in [2.45, 2.75) is 59.0 Å². The molecule has 1 fully saturated rings. The van der Waals surface area contributed by atoms with Gasteiger partial charge < -0.3 is 9.88 Å². The number of nitrogens with one attached hydrogen (secondary N) is 1. The fraction of sp³-hybridized carbons (Fsp3) is 0.765. The minimum atomic E-state index is -0.279. The largest absolute Gasteiger partial charge is 0.330 e. The molecule has 124 valence electrons. The van der Waals surface area contributed by atoms with Crippen LogP contribution in [0.25, 0.3) is 0 Å². The van der Waals surface area contributed by atoms with Gasteiger partial charge in [-0.25, -0.2) is 4.79 Å². The van der Waals surface area contributed by atoms with Crippen LogP contribution in [0.3, 0.4) is 0 Å². The molecule has 1 saturated carbocycles. The summed E-state index contributed by atoms with van der Waals surface area (Å²) in [7, 11) is 3.22. The maximum atomic E-state index is 12.2. The van der Waals surface area contributed by atoms with E-state index in [-0.39, 0.29) is 16.7 Å². The third kappa shape index (κ3) is 3.51. The second-order valence-corrected chi connectivity index (χ2v) is 7.66. The summed E-state index contributed by atoms with van der Waals surface area (Å²) in [6, 6.07) is 0.440. The molecule has 0 aromatic carbocycles. The minimum Gasteiger partial charge on any atom is -0.309 e. The predicted octanol–water partition coefficient (Wildman–Crippen LogP) is 1.78. The molecule has 1 aromatic heterocycles. The number of aryl methyl sites for hydroxylation is 1. The normalized spacial score (nSPS) is 22.8. The Hall–Kier alpha value is -1.36. The molecule has 1 N–H and O–H groups in total. The number of nitrogens with zero attached hydrogens (tertiary/aromatic N) is 2. The quantitative estimate of drug-likeness (QED) is 0.926. The number of hydrogen-bond donors (Lipinski definition) is 1. The molecule has 2 unspecified atom stereocenters. The lowest BCUT2D eigenvalue weighted by atomic mass is 9.69. The summed E-state index contributed by atoms with van der Waals surface area (Å²) in [6.07, 6.45) is 6.60. The third-order valence-corrected chi connectivity index (χ3v) is 4.95.